The van der Waals surface area contributed by atoms with Gasteiger partial charge in [0.05, 0.1) is 23.1 Å². The molecule has 0 N–H and O–H groups in total. The number of carbonyl (C=O) groups is 3. The fraction of sp³-hybridized carbons (Fsp3) is 0.227. The van der Waals surface area contributed by atoms with Crippen LogP contribution in [0.1, 0.15) is 18.1 Å². The van der Waals surface area contributed by atoms with Gasteiger partial charge >= 0.3 is 5.97 Å². The highest BCUT2D eigenvalue weighted by molar-refractivity contribution is 9.10. The van der Waals surface area contributed by atoms with E-state index >= 15 is 0 Å². The third kappa shape index (κ3) is 5.49. The second kappa shape index (κ2) is 10.6. The number of hydrogen-bond donors (Lipinski definition) is 0. The van der Waals surface area contributed by atoms with Gasteiger partial charge in [-0.05, 0) is 64.5 Å². The van der Waals surface area contributed by atoms with Crippen molar-refractivity contribution in [1.29, 1.82) is 0 Å². The lowest BCUT2D eigenvalue weighted by molar-refractivity contribution is -0.143. The van der Waals surface area contributed by atoms with Crippen molar-refractivity contribution in [3.8, 4) is 11.5 Å². The smallest absolute Gasteiger partial charge is 0.325 e. The molecule has 0 bridgehead atoms. The van der Waals surface area contributed by atoms with Gasteiger partial charge in [0.25, 0.3) is 11.1 Å². The normalized spacial score (nSPS) is 14.8. The minimum Gasteiger partial charge on any atom is -0.490 e. The van der Waals surface area contributed by atoms with Crippen LogP contribution in [0.5, 0.6) is 11.5 Å². The van der Waals surface area contributed by atoms with Crippen LogP contribution in [-0.2, 0) is 20.9 Å². The fourth-order valence-corrected chi connectivity index (χ4v) is 4.23. The average molecular weight is 524 g/mol. The maximum atomic E-state index is 13.9. The first-order valence-electron chi connectivity index (χ1n) is 9.48. The predicted octanol–water partition coefficient (Wildman–Crippen LogP) is 4.78. The number of benzene rings is 2. The summed E-state index contributed by atoms with van der Waals surface area (Å²) in [6.45, 7) is 1.70. The highest BCUT2D eigenvalue weighted by atomic mass is 79.9. The number of imide groups is 1. The first-order valence-corrected chi connectivity index (χ1v) is 11.1. The van der Waals surface area contributed by atoms with Gasteiger partial charge in [-0.2, -0.15) is 0 Å². The van der Waals surface area contributed by atoms with Crippen LogP contribution in [0.3, 0.4) is 0 Å². The molecule has 1 fully saturated rings. The Bertz CT molecular complexity index is 1090. The predicted molar refractivity (Wildman–Crippen MR) is 121 cm³/mol. The Balaban J connectivity index is 1.85. The maximum absolute atomic E-state index is 13.9. The van der Waals surface area contributed by atoms with Gasteiger partial charge in [-0.3, -0.25) is 19.3 Å². The van der Waals surface area contributed by atoms with E-state index in [4.69, 9.17) is 9.47 Å². The maximum Gasteiger partial charge on any atom is 0.325 e. The van der Waals surface area contributed by atoms with Crippen LogP contribution >= 0.6 is 27.7 Å². The van der Waals surface area contributed by atoms with Crippen LogP contribution in [-0.4, -0.2) is 42.3 Å². The van der Waals surface area contributed by atoms with Crippen molar-refractivity contribution in [2.24, 2.45) is 0 Å². The Morgan fingerprint density at radius 2 is 1.97 bits per heavy atom. The summed E-state index contributed by atoms with van der Waals surface area (Å²) in [6.07, 6.45) is 1.52. The van der Waals surface area contributed by atoms with Gasteiger partial charge in [-0.15, -0.1) is 0 Å². The number of rotatable bonds is 8. The molecule has 1 aliphatic rings. The number of esters is 1. The number of halogens is 2. The molecule has 1 heterocycles. The van der Waals surface area contributed by atoms with E-state index in [-0.39, 0.29) is 17.3 Å². The largest absolute Gasteiger partial charge is 0.490 e. The molecule has 3 rings (SSSR count). The van der Waals surface area contributed by atoms with Gasteiger partial charge in [0.15, 0.2) is 11.5 Å². The third-order valence-corrected chi connectivity index (χ3v) is 5.84. The van der Waals surface area contributed by atoms with Crippen molar-refractivity contribution >= 4 is 50.9 Å². The third-order valence-electron chi connectivity index (χ3n) is 4.35. The van der Waals surface area contributed by atoms with Gasteiger partial charge in [-0.25, -0.2) is 4.39 Å². The molecule has 0 radical (unpaired) electrons. The van der Waals surface area contributed by atoms with E-state index in [0.29, 0.717) is 33.7 Å². The molecule has 32 heavy (non-hydrogen) atoms. The van der Waals surface area contributed by atoms with Crippen molar-refractivity contribution < 1.29 is 33.0 Å². The zero-order valence-corrected chi connectivity index (χ0v) is 19.6. The van der Waals surface area contributed by atoms with Crippen molar-refractivity contribution in [1.82, 2.24) is 4.90 Å². The summed E-state index contributed by atoms with van der Waals surface area (Å²) in [6, 6.07) is 9.64. The second-order valence-corrected chi connectivity index (χ2v) is 8.33. The minimum absolute atomic E-state index is 0.00287. The number of nitrogens with zero attached hydrogens (tertiary/aromatic N) is 1. The van der Waals surface area contributed by atoms with Crippen LogP contribution in [0.4, 0.5) is 9.18 Å². The Labute approximate surface area is 196 Å². The van der Waals surface area contributed by atoms with Crippen molar-refractivity contribution in [3.05, 3.63) is 62.7 Å². The van der Waals surface area contributed by atoms with Crippen molar-refractivity contribution in [2.45, 2.75) is 13.5 Å². The van der Waals surface area contributed by atoms with Crippen LogP contribution in [0.15, 0.2) is 45.8 Å². The van der Waals surface area contributed by atoms with E-state index in [0.717, 1.165) is 16.7 Å². The van der Waals surface area contributed by atoms with E-state index in [1.54, 1.807) is 37.3 Å². The molecule has 7 nitrogen and oxygen atoms in total. The molecule has 10 heteroatoms. The molecule has 0 atom stereocenters. The molecular weight excluding hydrogens is 505 g/mol. The fourth-order valence-electron chi connectivity index (χ4n) is 2.82. The van der Waals surface area contributed by atoms with E-state index in [1.165, 1.54) is 19.3 Å². The zero-order chi connectivity index (χ0) is 23.3. The molecular formula is C22H19BrFNO6S. The summed E-state index contributed by atoms with van der Waals surface area (Å²) < 4.78 is 30.4. The Kier molecular flexibility index (Phi) is 7.92. The van der Waals surface area contributed by atoms with Gasteiger partial charge < -0.3 is 14.2 Å². The number of carbonyl (C=O) groups excluding carboxylic acids is 3. The quantitative estimate of drug-likeness (QED) is 0.363. The number of amides is 2. The first kappa shape index (κ1) is 23.8. The van der Waals surface area contributed by atoms with Gasteiger partial charge in [0.2, 0.25) is 0 Å². The standard InChI is InChI=1S/C22H19BrFNO6S/c1-3-30-17-9-13(10-18-21(27)25(22(28)32-18)11-19(26)29-2)8-15(23)20(17)31-12-14-6-4-5-7-16(14)24/h4-10H,3,11-12H2,1-2H3/b18-10-. The topological polar surface area (TPSA) is 82.1 Å². The molecule has 0 saturated carbocycles. The molecule has 1 saturated heterocycles. The molecule has 0 aliphatic carbocycles. The number of hydrogen-bond acceptors (Lipinski definition) is 7. The molecule has 2 amide bonds. The molecule has 0 aromatic heterocycles. The van der Waals surface area contributed by atoms with Gasteiger partial charge in [0, 0.05) is 5.56 Å². The average Bonchev–Trinajstić information content (AvgIpc) is 3.01. The van der Waals surface area contributed by atoms with E-state index in [9.17, 15) is 18.8 Å². The van der Waals surface area contributed by atoms with Crippen LogP contribution < -0.4 is 9.47 Å². The zero-order valence-electron chi connectivity index (χ0n) is 17.2. The Hall–Kier alpha value is -2.85. The molecule has 0 spiro atoms. The first-order chi connectivity index (χ1) is 15.3. The molecule has 168 valence electrons. The summed E-state index contributed by atoms with van der Waals surface area (Å²) >= 11 is 4.16. The summed E-state index contributed by atoms with van der Waals surface area (Å²) in [5.74, 6) is -0.879. The van der Waals surface area contributed by atoms with E-state index in [2.05, 4.69) is 20.7 Å². The minimum atomic E-state index is -0.689. The van der Waals surface area contributed by atoms with Gasteiger partial charge in [-0.1, -0.05) is 18.2 Å². The number of thioether (sulfide) groups is 1. The lowest BCUT2D eigenvalue weighted by Crippen LogP contribution is -2.34. The Morgan fingerprint density at radius 1 is 1.22 bits per heavy atom. The van der Waals surface area contributed by atoms with Crippen LogP contribution in [0.2, 0.25) is 0 Å². The summed E-state index contributed by atoms with van der Waals surface area (Å²) in [7, 11) is 1.18. The SMILES string of the molecule is CCOc1cc(/C=C2\SC(=O)N(CC(=O)OC)C2=O)cc(Br)c1OCc1ccccc1F. The van der Waals surface area contributed by atoms with Crippen molar-refractivity contribution in [2.75, 3.05) is 20.3 Å². The monoisotopic (exact) mass is 523 g/mol. The molecule has 2 aromatic carbocycles. The van der Waals surface area contributed by atoms with E-state index in [1.807, 2.05) is 0 Å². The number of ether oxygens (including phenoxy) is 3. The Morgan fingerprint density at radius 3 is 2.66 bits per heavy atom. The van der Waals surface area contributed by atoms with E-state index < -0.39 is 23.7 Å². The molecule has 0 unspecified atom stereocenters. The molecule has 2 aromatic rings. The molecule has 1 aliphatic heterocycles. The highest BCUT2D eigenvalue weighted by Crippen LogP contribution is 2.39. The van der Waals surface area contributed by atoms with Crippen molar-refractivity contribution in [3.63, 3.8) is 0 Å². The van der Waals surface area contributed by atoms with Crippen LogP contribution in [0, 0.1) is 5.82 Å². The second-order valence-electron chi connectivity index (χ2n) is 6.49. The summed E-state index contributed by atoms with van der Waals surface area (Å²) in [5, 5.41) is -0.555. The lowest BCUT2D eigenvalue weighted by atomic mass is 10.1. The lowest BCUT2D eigenvalue weighted by Gasteiger charge is -2.15. The van der Waals surface area contributed by atoms with Gasteiger partial charge in [0.1, 0.15) is 19.0 Å². The number of methoxy groups -OCH3 is 1. The summed E-state index contributed by atoms with van der Waals surface area (Å²) in [4.78, 5) is 37.1. The highest BCUT2D eigenvalue weighted by Gasteiger charge is 2.36. The summed E-state index contributed by atoms with van der Waals surface area (Å²) in [5.41, 5.74) is 0.965. The van der Waals surface area contributed by atoms with Crippen LogP contribution in [0.25, 0.3) is 6.08 Å².